The maximum atomic E-state index is 7.48. The molecule has 4 rings (SSSR count). The van der Waals surface area contributed by atoms with E-state index in [1.54, 1.807) is 0 Å². The standard InChI is InChI=1S/C18H13BrN4/c1-11-7-14(19)16-15(8-11)21-17(20-2)18(22-16)23-9-12-5-3-4-6-13(12)10-23/h3-8H,9-10H2,1H3. The molecular weight excluding hydrogens is 352 g/mol. The number of nitrogens with zero attached hydrogens (tertiary/aromatic N) is 4. The second kappa shape index (κ2) is 5.32. The second-order valence-corrected chi connectivity index (χ2v) is 6.58. The fraction of sp³-hybridized carbons (Fsp3) is 0.167. The van der Waals surface area contributed by atoms with Crippen molar-refractivity contribution in [1.29, 1.82) is 0 Å². The van der Waals surface area contributed by atoms with Gasteiger partial charge in [0.05, 0.1) is 0 Å². The first-order valence-corrected chi connectivity index (χ1v) is 8.12. The highest BCUT2D eigenvalue weighted by atomic mass is 79.9. The molecule has 1 aliphatic heterocycles. The Morgan fingerprint density at radius 1 is 1.13 bits per heavy atom. The van der Waals surface area contributed by atoms with Crippen LogP contribution in [0.5, 0.6) is 0 Å². The van der Waals surface area contributed by atoms with Gasteiger partial charge in [-0.15, -0.1) is 4.98 Å². The zero-order valence-corrected chi connectivity index (χ0v) is 14.1. The minimum absolute atomic E-state index is 0.364. The lowest BCUT2D eigenvalue weighted by Crippen LogP contribution is -2.16. The van der Waals surface area contributed by atoms with E-state index in [9.17, 15) is 0 Å². The van der Waals surface area contributed by atoms with Gasteiger partial charge in [0.1, 0.15) is 5.52 Å². The molecule has 2 heterocycles. The summed E-state index contributed by atoms with van der Waals surface area (Å²) in [6, 6.07) is 12.3. The van der Waals surface area contributed by atoms with Crippen LogP contribution in [0, 0.1) is 13.5 Å². The van der Waals surface area contributed by atoms with Crippen LogP contribution in [0.15, 0.2) is 40.9 Å². The highest BCUT2D eigenvalue weighted by molar-refractivity contribution is 9.10. The topological polar surface area (TPSA) is 33.4 Å². The first kappa shape index (κ1) is 14.2. The van der Waals surface area contributed by atoms with Crippen LogP contribution in [0.25, 0.3) is 15.9 Å². The highest BCUT2D eigenvalue weighted by Crippen LogP contribution is 2.35. The van der Waals surface area contributed by atoms with Gasteiger partial charge in [-0.2, -0.15) is 0 Å². The van der Waals surface area contributed by atoms with Crippen molar-refractivity contribution in [2.45, 2.75) is 20.0 Å². The molecule has 112 valence electrons. The summed E-state index contributed by atoms with van der Waals surface area (Å²) < 4.78 is 0.912. The van der Waals surface area contributed by atoms with E-state index >= 15 is 0 Å². The molecule has 4 nitrogen and oxygen atoms in total. The van der Waals surface area contributed by atoms with Crippen molar-refractivity contribution in [3.63, 3.8) is 0 Å². The summed E-state index contributed by atoms with van der Waals surface area (Å²) in [6.45, 7) is 11.0. The normalized spacial score (nSPS) is 13.2. The van der Waals surface area contributed by atoms with Gasteiger partial charge in [-0.1, -0.05) is 30.8 Å². The molecule has 1 aliphatic rings. The van der Waals surface area contributed by atoms with E-state index in [0.29, 0.717) is 11.6 Å². The van der Waals surface area contributed by atoms with Gasteiger partial charge in [-0.05, 0) is 51.7 Å². The molecule has 0 atom stereocenters. The van der Waals surface area contributed by atoms with Gasteiger partial charge in [0.2, 0.25) is 0 Å². The lowest BCUT2D eigenvalue weighted by Gasteiger charge is -2.18. The van der Waals surface area contributed by atoms with Gasteiger partial charge >= 0.3 is 5.82 Å². The third kappa shape index (κ3) is 2.36. The van der Waals surface area contributed by atoms with E-state index in [2.05, 4.69) is 42.8 Å². The van der Waals surface area contributed by atoms with Crippen LogP contribution in [0.2, 0.25) is 0 Å². The maximum Gasteiger partial charge on any atom is 0.312 e. The van der Waals surface area contributed by atoms with Crippen molar-refractivity contribution in [3.05, 3.63) is 69.0 Å². The number of rotatable bonds is 1. The van der Waals surface area contributed by atoms with Crippen LogP contribution in [0.3, 0.4) is 0 Å². The number of benzene rings is 2. The summed E-state index contributed by atoms with van der Waals surface area (Å²) in [7, 11) is 0. The summed E-state index contributed by atoms with van der Waals surface area (Å²) in [5.74, 6) is 1.02. The number of anilines is 1. The average Bonchev–Trinajstić information content (AvgIpc) is 2.97. The van der Waals surface area contributed by atoms with E-state index in [-0.39, 0.29) is 0 Å². The quantitative estimate of drug-likeness (QED) is 0.583. The van der Waals surface area contributed by atoms with Crippen LogP contribution in [-0.4, -0.2) is 9.97 Å². The molecule has 1 aromatic heterocycles. The Labute approximate surface area is 142 Å². The molecule has 0 saturated carbocycles. The first-order chi connectivity index (χ1) is 11.2. The molecular formula is C18H13BrN4. The van der Waals surface area contributed by atoms with E-state index in [1.807, 2.05) is 31.2 Å². The summed E-state index contributed by atoms with van der Waals surface area (Å²) >= 11 is 3.57. The van der Waals surface area contributed by atoms with E-state index in [1.165, 1.54) is 11.1 Å². The van der Waals surface area contributed by atoms with Crippen LogP contribution < -0.4 is 4.90 Å². The van der Waals surface area contributed by atoms with E-state index < -0.39 is 0 Å². The monoisotopic (exact) mass is 364 g/mol. The molecule has 3 aromatic rings. The molecule has 0 radical (unpaired) electrons. The lowest BCUT2D eigenvalue weighted by molar-refractivity contribution is 0.860. The van der Waals surface area contributed by atoms with Gasteiger partial charge in [0.15, 0.2) is 11.3 Å². The molecule has 5 heteroatoms. The fourth-order valence-electron chi connectivity index (χ4n) is 3.00. The molecule has 2 aromatic carbocycles. The minimum Gasteiger partial charge on any atom is -0.358 e. The van der Waals surface area contributed by atoms with Gasteiger partial charge in [-0.25, -0.2) is 4.98 Å². The van der Waals surface area contributed by atoms with Crippen molar-refractivity contribution in [1.82, 2.24) is 9.97 Å². The van der Waals surface area contributed by atoms with Crippen molar-refractivity contribution in [2.75, 3.05) is 4.90 Å². The number of hydrogen-bond acceptors (Lipinski definition) is 3. The van der Waals surface area contributed by atoms with Gasteiger partial charge < -0.3 is 9.74 Å². The summed E-state index contributed by atoms with van der Waals surface area (Å²) in [6.07, 6.45) is 0. The van der Waals surface area contributed by atoms with E-state index in [4.69, 9.17) is 11.6 Å². The molecule has 0 fully saturated rings. The average molecular weight is 365 g/mol. The zero-order valence-electron chi connectivity index (χ0n) is 12.5. The number of fused-ring (bicyclic) bond motifs is 2. The van der Waals surface area contributed by atoms with E-state index in [0.717, 1.165) is 34.2 Å². The SMILES string of the molecule is [C-]#[N+]c1nc2cc(C)cc(Br)c2nc1N1Cc2ccccc2C1. The number of aromatic nitrogens is 2. The summed E-state index contributed by atoms with van der Waals surface area (Å²) in [5.41, 5.74) is 5.22. The predicted molar refractivity (Wildman–Crippen MR) is 94.6 cm³/mol. The molecule has 0 N–H and O–H groups in total. The lowest BCUT2D eigenvalue weighted by atomic mass is 10.1. The number of aryl methyl sites for hydroxylation is 1. The van der Waals surface area contributed by atoms with Gasteiger partial charge in [-0.3, -0.25) is 0 Å². The van der Waals surface area contributed by atoms with Gasteiger partial charge in [0.25, 0.3) is 0 Å². The Balaban J connectivity index is 1.86. The molecule has 0 aliphatic carbocycles. The van der Waals surface area contributed by atoms with Crippen molar-refractivity contribution in [3.8, 4) is 0 Å². The predicted octanol–water partition coefficient (Wildman–Crippen LogP) is 4.77. The molecule has 0 amide bonds. The van der Waals surface area contributed by atoms with Crippen LogP contribution in [0.4, 0.5) is 11.6 Å². The third-order valence-corrected chi connectivity index (χ3v) is 4.68. The molecule has 0 spiro atoms. The van der Waals surface area contributed by atoms with Crippen molar-refractivity contribution < 1.29 is 0 Å². The Morgan fingerprint density at radius 2 is 1.83 bits per heavy atom. The third-order valence-electron chi connectivity index (χ3n) is 4.08. The Bertz CT molecular complexity index is 950. The van der Waals surface area contributed by atoms with Crippen LogP contribution in [-0.2, 0) is 13.1 Å². The van der Waals surface area contributed by atoms with Crippen molar-refractivity contribution in [2.24, 2.45) is 0 Å². The molecule has 0 unspecified atom stereocenters. The minimum atomic E-state index is 0.364. The Kier molecular flexibility index (Phi) is 3.28. The zero-order chi connectivity index (χ0) is 16.0. The number of hydrogen-bond donors (Lipinski definition) is 0. The number of halogens is 1. The summed E-state index contributed by atoms with van der Waals surface area (Å²) in [5, 5.41) is 0. The van der Waals surface area contributed by atoms with Gasteiger partial charge in [0, 0.05) is 17.6 Å². The smallest absolute Gasteiger partial charge is 0.312 e. The van der Waals surface area contributed by atoms with Crippen LogP contribution >= 0.6 is 15.9 Å². The summed E-state index contributed by atoms with van der Waals surface area (Å²) in [4.78, 5) is 15.0. The second-order valence-electron chi connectivity index (χ2n) is 5.72. The Morgan fingerprint density at radius 3 is 2.48 bits per heavy atom. The highest BCUT2D eigenvalue weighted by Gasteiger charge is 2.24. The molecule has 0 saturated heterocycles. The Hall–Kier alpha value is -2.45. The molecule has 23 heavy (non-hydrogen) atoms. The van der Waals surface area contributed by atoms with Crippen molar-refractivity contribution >= 4 is 38.6 Å². The molecule has 0 bridgehead atoms. The maximum absolute atomic E-state index is 7.48. The largest absolute Gasteiger partial charge is 0.358 e. The fourth-order valence-corrected chi connectivity index (χ4v) is 3.66. The van der Waals surface area contributed by atoms with Crippen LogP contribution in [0.1, 0.15) is 16.7 Å². The first-order valence-electron chi connectivity index (χ1n) is 7.33.